The smallest absolute Gasteiger partial charge is 0.305 e. The first-order chi connectivity index (χ1) is 10.2. The Morgan fingerprint density at radius 2 is 1.90 bits per heavy atom. The van der Waals surface area contributed by atoms with Crippen molar-refractivity contribution < 1.29 is 19.0 Å². The Morgan fingerprint density at radius 1 is 1.19 bits per heavy atom. The minimum Gasteiger partial charge on any atom is -0.468 e. The molecule has 0 aliphatic heterocycles. The van der Waals surface area contributed by atoms with Crippen LogP contribution in [0.25, 0.3) is 0 Å². The zero-order chi connectivity index (χ0) is 15.1. The van der Waals surface area contributed by atoms with E-state index >= 15 is 0 Å². The molecule has 2 rings (SSSR count). The number of benzene rings is 1. The standard InChI is InChI=1S/C17H24O4/c1-3-17(18)21-16-7-5-4-6-15(16)13-8-10-14(11-9-13)20-12-19-2/h8-11,15-16H,3-7,12H2,1-2H3/t15-,16+/m0/s1. The first kappa shape index (κ1) is 15.8. The van der Waals surface area contributed by atoms with E-state index in [1.54, 1.807) is 7.11 Å². The highest BCUT2D eigenvalue weighted by Crippen LogP contribution is 2.35. The average Bonchev–Trinajstić information content (AvgIpc) is 2.54. The van der Waals surface area contributed by atoms with Gasteiger partial charge in [0, 0.05) is 19.4 Å². The van der Waals surface area contributed by atoms with Crippen molar-refractivity contribution in [3.8, 4) is 5.75 Å². The van der Waals surface area contributed by atoms with Crippen LogP contribution < -0.4 is 4.74 Å². The molecule has 0 N–H and O–H groups in total. The van der Waals surface area contributed by atoms with Crippen LogP contribution in [0.2, 0.25) is 0 Å². The van der Waals surface area contributed by atoms with Crippen LogP contribution in [0.4, 0.5) is 0 Å². The Bertz CT molecular complexity index is 441. The molecule has 0 bridgehead atoms. The van der Waals surface area contributed by atoms with E-state index in [2.05, 4.69) is 12.1 Å². The Balaban J connectivity index is 2.04. The van der Waals surface area contributed by atoms with E-state index in [1.165, 1.54) is 12.0 Å². The summed E-state index contributed by atoms with van der Waals surface area (Å²) in [5.41, 5.74) is 1.22. The first-order valence-electron chi connectivity index (χ1n) is 7.65. The van der Waals surface area contributed by atoms with Crippen LogP contribution in [-0.2, 0) is 14.3 Å². The Hall–Kier alpha value is -1.55. The Morgan fingerprint density at radius 3 is 2.57 bits per heavy atom. The number of rotatable bonds is 6. The molecule has 0 unspecified atom stereocenters. The maximum atomic E-state index is 11.6. The molecule has 0 aromatic heterocycles. The summed E-state index contributed by atoms with van der Waals surface area (Å²) in [5.74, 6) is 0.983. The van der Waals surface area contributed by atoms with E-state index < -0.39 is 0 Å². The monoisotopic (exact) mass is 292 g/mol. The zero-order valence-corrected chi connectivity index (χ0v) is 12.8. The van der Waals surface area contributed by atoms with Gasteiger partial charge in [0.2, 0.25) is 0 Å². The predicted octanol–water partition coefficient (Wildman–Crippen LogP) is 3.65. The second-order valence-corrected chi connectivity index (χ2v) is 5.39. The highest BCUT2D eigenvalue weighted by atomic mass is 16.7. The fraction of sp³-hybridized carbons (Fsp3) is 0.588. The maximum absolute atomic E-state index is 11.6. The quantitative estimate of drug-likeness (QED) is 0.593. The third kappa shape index (κ3) is 4.46. The van der Waals surface area contributed by atoms with E-state index in [0.717, 1.165) is 25.0 Å². The van der Waals surface area contributed by atoms with Crippen molar-refractivity contribution in [1.82, 2.24) is 0 Å². The summed E-state index contributed by atoms with van der Waals surface area (Å²) in [7, 11) is 1.60. The average molecular weight is 292 g/mol. The van der Waals surface area contributed by atoms with Crippen molar-refractivity contribution in [1.29, 1.82) is 0 Å². The summed E-state index contributed by atoms with van der Waals surface area (Å²) in [4.78, 5) is 11.6. The van der Waals surface area contributed by atoms with Gasteiger partial charge in [-0.3, -0.25) is 4.79 Å². The molecule has 2 atom stereocenters. The molecule has 4 heteroatoms. The fourth-order valence-electron chi connectivity index (χ4n) is 2.81. The van der Waals surface area contributed by atoms with Crippen molar-refractivity contribution >= 4 is 5.97 Å². The van der Waals surface area contributed by atoms with Gasteiger partial charge in [-0.25, -0.2) is 0 Å². The molecule has 4 nitrogen and oxygen atoms in total. The molecular formula is C17H24O4. The van der Waals surface area contributed by atoms with E-state index in [4.69, 9.17) is 14.2 Å². The normalized spacial score (nSPS) is 21.8. The third-order valence-electron chi connectivity index (χ3n) is 3.93. The van der Waals surface area contributed by atoms with Crippen molar-refractivity contribution in [2.24, 2.45) is 0 Å². The molecule has 21 heavy (non-hydrogen) atoms. The lowest BCUT2D eigenvalue weighted by Crippen LogP contribution is -2.28. The van der Waals surface area contributed by atoms with Crippen molar-refractivity contribution in [3.63, 3.8) is 0 Å². The number of hydrogen-bond donors (Lipinski definition) is 0. The highest BCUT2D eigenvalue weighted by Gasteiger charge is 2.29. The van der Waals surface area contributed by atoms with Gasteiger partial charge in [-0.1, -0.05) is 25.5 Å². The second kappa shape index (κ2) is 8.03. The van der Waals surface area contributed by atoms with Crippen molar-refractivity contribution in [3.05, 3.63) is 29.8 Å². The van der Waals surface area contributed by atoms with Crippen molar-refractivity contribution in [2.75, 3.05) is 13.9 Å². The van der Waals surface area contributed by atoms with Gasteiger partial charge < -0.3 is 14.2 Å². The maximum Gasteiger partial charge on any atom is 0.305 e. The van der Waals surface area contributed by atoms with Gasteiger partial charge in [0.1, 0.15) is 11.9 Å². The van der Waals surface area contributed by atoms with Gasteiger partial charge in [0.25, 0.3) is 0 Å². The number of hydrogen-bond acceptors (Lipinski definition) is 4. The van der Waals surface area contributed by atoms with Gasteiger partial charge in [0.15, 0.2) is 6.79 Å². The lowest BCUT2D eigenvalue weighted by Gasteiger charge is -2.31. The first-order valence-corrected chi connectivity index (χ1v) is 7.65. The largest absolute Gasteiger partial charge is 0.468 e. The summed E-state index contributed by atoms with van der Waals surface area (Å²) < 4.78 is 15.9. The second-order valence-electron chi connectivity index (χ2n) is 5.39. The minimum absolute atomic E-state index is 0.0111. The van der Waals surface area contributed by atoms with Gasteiger partial charge in [-0.15, -0.1) is 0 Å². The summed E-state index contributed by atoms with van der Waals surface area (Å²) in [6, 6.07) is 8.02. The van der Waals surface area contributed by atoms with E-state index in [0.29, 0.717) is 12.3 Å². The van der Waals surface area contributed by atoms with Gasteiger partial charge in [-0.2, -0.15) is 0 Å². The molecule has 1 aromatic rings. The fourth-order valence-corrected chi connectivity index (χ4v) is 2.81. The summed E-state index contributed by atoms with van der Waals surface area (Å²) >= 11 is 0. The van der Waals surface area contributed by atoms with Crippen molar-refractivity contribution in [2.45, 2.75) is 51.0 Å². The number of methoxy groups -OCH3 is 1. The number of carbonyl (C=O) groups excluding carboxylic acids is 1. The summed E-state index contributed by atoms with van der Waals surface area (Å²) in [6.45, 7) is 2.08. The number of ether oxygens (including phenoxy) is 3. The molecular weight excluding hydrogens is 268 g/mol. The lowest BCUT2D eigenvalue weighted by molar-refractivity contribution is -0.151. The van der Waals surface area contributed by atoms with E-state index in [1.807, 2.05) is 19.1 Å². The van der Waals surface area contributed by atoms with Gasteiger partial charge in [0.05, 0.1) is 0 Å². The molecule has 1 aromatic carbocycles. The van der Waals surface area contributed by atoms with Crippen LogP contribution in [-0.4, -0.2) is 26.0 Å². The van der Waals surface area contributed by atoms with Crippen LogP contribution in [0.3, 0.4) is 0 Å². The topological polar surface area (TPSA) is 44.8 Å². The number of carbonyl (C=O) groups is 1. The van der Waals surface area contributed by atoms with Crippen LogP contribution in [0.1, 0.15) is 50.5 Å². The third-order valence-corrected chi connectivity index (χ3v) is 3.93. The van der Waals surface area contributed by atoms with Gasteiger partial charge in [-0.05, 0) is 37.0 Å². The minimum atomic E-state index is -0.105. The Labute approximate surface area is 126 Å². The Kier molecular flexibility index (Phi) is 6.05. The summed E-state index contributed by atoms with van der Waals surface area (Å²) in [5, 5.41) is 0. The zero-order valence-electron chi connectivity index (χ0n) is 12.8. The molecule has 1 aliphatic rings. The van der Waals surface area contributed by atoms with Gasteiger partial charge >= 0.3 is 5.97 Å². The van der Waals surface area contributed by atoms with E-state index in [9.17, 15) is 4.79 Å². The predicted molar refractivity (Wildman–Crippen MR) is 80.3 cm³/mol. The molecule has 0 heterocycles. The van der Waals surface area contributed by atoms with Crippen LogP contribution in [0.15, 0.2) is 24.3 Å². The highest BCUT2D eigenvalue weighted by molar-refractivity contribution is 5.69. The van der Waals surface area contributed by atoms with Crippen LogP contribution >= 0.6 is 0 Å². The molecule has 0 spiro atoms. The molecule has 0 radical (unpaired) electrons. The molecule has 1 saturated carbocycles. The molecule has 116 valence electrons. The molecule has 1 aliphatic carbocycles. The van der Waals surface area contributed by atoms with E-state index in [-0.39, 0.29) is 18.9 Å². The molecule has 1 fully saturated rings. The number of esters is 1. The molecule has 0 amide bonds. The molecule has 0 saturated heterocycles. The van der Waals surface area contributed by atoms with Crippen LogP contribution in [0, 0.1) is 0 Å². The lowest BCUT2D eigenvalue weighted by atomic mass is 9.81. The summed E-state index contributed by atoms with van der Waals surface area (Å²) in [6.07, 6.45) is 4.79. The SMILES string of the molecule is CCC(=O)O[C@@H]1CCCC[C@H]1c1ccc(OCOC)cc1. The van der Waals surface area contributed by atoms with Crippen LogP contribution in [0.5, 0.6) is 5.75 Å².